The van der Waals surface area contributed by atoms with E-state index in [1.54, 1.807) is 0 Å². The van der Waals surface area contributed by atoms with Gasteiger partial charge in [0.1, 0.15) is 5.82 Å². The molecule has 1 aliphatic carbocycles. The summed E-state index contributed by atoms with van der Waals surface area (Å²) < 4.78 is 27.0. The Morgan fingerprint density at radius 1 is 1.29 bits per heavy atom. The van der Waals surface area contributed by atoms with Gasteiger partial charge >= 0.3 is 5.69 Å². The van der Waals surface area contributed by atoms with Crippen LogP contribution in [0.4, 0.5) is 14.5 Å². The largest absolute Gasteiger partial charge is 0.310 e. The highest BCUT2D eigenvalue weighted by Crippen LogP contribution is 2.27. The quantitative estimate of drug-likeness (QED) is 0.662. The summed E-state index contributed by atoms with van der Waals surface area (Å²) in [5.41, 5.74) is -0.552. The first-order valence-corrected chi connectivity index (χ1v) is 7.34. The molecule has 1 N–H and O–H groups in total. The van der Waals surface area contributed by atoms with Crippen LogP contribution < -0.4 is 5.32 Å². The molecular formula is C15H20F2N2O2. The summed E-state index contributed by atoms with van der Waals surface area (Å²) in [5, 5.41) is 13.9. The fourth-order valence-corrected chi connectivity index (χ4v) is 2.93. The van der Waals surface area contributed by atoms with Crippen molar-refractivity contribution in [1.82, 2.24) is 5.32 Å². The minimum absolute atomic E-state index is 0.130. The van der Waals surface area contributed by atoms with E-state index in [9.17, 15) is 18.9 Å². The normalized spacial score (nSPS) is 17.7. The van der Waals surface area contributed by atoms with E-state index in [-0.39, 0.29) is 18.2 Å². The van der Waals surface area contributed by atoms with E-state index in [1.807, 2.05) is 6.92 Å². The number of nitrogens with zero attached hydrogens (tertiary/aromatic N) is 1. The van der Waals surface area contributed by atoms with Crippen molar-refractivity contribution in [1.29, 1.82) is 0 Å². The van der Waals surface area contributed by atoms with Crippen molar-refractivity contribution in [2.45, 2.75) is 51.6 Å². The number of hydrogen-bond acceptors (Lipinski definition) is 3. The zero-order valence-corrected chi connectivity index (χ0v) is 12.1. The zero-order chi connectivity index (χ0) is 15.4. The number of nitrogens with one attached hydrogen (secondary N) is 1. The van der Waals surface area contributed by atoms with Crippen molar-refractivity contribution in [3.8, 4) is 0 Å². The summed E-state index contributed by atoms with van der Waals surface area (Å²) in [6.45, 7) is 2.22. The van der Waals surface area contributed by atoms with Gasteiger partial charge in [0.2, 0.25) is 5.82 Å². The standard InChI is InChI=1S/C15H20F2N2O2/c1-10(11-5-3-2-4-6-11)18-9-12-7-15(19(20)21)14(17)8-13(12)16/h7-8,10-11,18H,2-6,9H2,1H3/t10-/m1/s1. The van der Waals surface area contributed by atoms with E-state index in [1.165, 1.54) is 19.3 Å². The molecule has 0 radical (unpaired) electrons. The maximum absolute atomic E-state index is 13.7. The van der Waals surface area contributed by atoms with E-state index in [4.69, 9.17) is 0 Å². The van der Waals surface area contributed by atoms with Gasteiger partial charge in [0.25, 0.3) is 0 Å². The summed E-state index contributed by atoms with van der Waals surface area (Å²) >= 11 is 0. The van der Waals surface area contributed by atoms with E-state index < -0.39 is 22.2 Å². The van der Waals surface area contributed by atoms with Gasteiger partial charge in [0, 0.05) is 30.3 Å². The molecule has 0 aromatic heterocycles. The lowest BCUT2D eigenvalue weighted by Crippen LogP contribution is -2.34. The minimum atomic E-state index is -1.14. The molecule has 0 heterocycles. The smallest absolute Gasteiger partial charge is 0.305 e. The lowest BCUT2D eigenvalue weighted by atomic mass is 9.84. The van der Waals surface area contributed by atoms with Gasteiger partial charge in [-0.3, -0.25) is 10.1 Å². The summed E-state index contributed by atoms with van der Waals surface area (Å²) in [5.74, 6) is -1.33. The second-order valence-electron chi connectivity index (χ2n) is 5.72. The summed E-state index contributed by atoms with van der Waals surface area (Å²) in [6.07, 6.45) is 6.00. The lowest BCUT2D eigenvalue weighted by molar-refractivity contribution is -0.387. The van der Waals surface area contributed by atoms with E-state index in [0.29, 0.717) is 12.0 Å². The van der Waals surface area contributed by atoms with Crippen molar-refractivity contribution in [2.75, 3.05) is 0 Å². The third-order valence-electron chi connectivity index (χ3n) is 4.28. The lowest BCUT2D eigenvalue weighted by Gasteiger charge is -2.28. The average molecular weight is 298 g/mol. The minimum Gasteiger partial charge on any atom is -0.310 e. The molecule has 2 rings (SSSR count). The van der Waals surface area contributed by atoms with Crippen molar-refractivity contribution >= 4 is 5.69 Å². The van der Waals surface area contributed by atoms with Crippen LogP contribution in [-0.2, 0) is 6.54 Å². The molecule has 21 heavy (non-hydrogen) atoms. The number of halogens is 2. The van der Waals surface area contributed by atoms with Crippen LogP contribution in [0.2, 0.25) is 0 Å². The Hall–Kier alpha value is -1.56. The van der Waals surface area contributed by atoms with Crippen LogP contribution in [0, 0.1) is 27.7 Å². The summed E-state index contributed by atoms with van der Waals surface area (Å²) in [4.78, 5) is 9.86. The second-order valence-corrected chi connectivity index (χ2v) is 5.72. The number of nitro groups is 1. The van der Waals surface area contributed by atoms with Crippen LogP contribution in [-0.4, -0.2) is 11.0 Å². The monoisotopic (exact) mass is 298 g/mol. The van der Waals surface area contributed by atoms with Crippen molar-refractivity contribution in [3.63, 3.8) is 0 Å². The summed E-state index contributed by atoms with van der Waals surface area (Å²) in [6, 6.07) is 1.78. The molecule has 1 aromatic rings. The van der Waals surface area contributed by atoms with Gasteiger partial charge in [-0.1, -0.05) is 19.3 Å². The third-order valence-corrected chi connectivity index (χ3v) is 4.28. The van der Waals surface area contributed by atoms with Crippen molar-refractivity contribution < 1.29 is 13.7 Å². The molecule has 0 bridgehead atoms. The number of nitro benzene ring substituents is 1. The molecule has 0 saturated heterocycles. The molecule has 0 amide bonds. The molecule has 0 aliphatic heterocycles. The Kier molecular flexibility index (Phi) is 5.22. The highest BCUT2D eigenvalue weighted by atomic mass is 19.1. The first-order valence-electron chi connectivity index (χ1n) is 7.34. The molecule has 1 fully saturated rings. The van der Waals surface area contributed by atoms with Gasteiger partial charge in [0.05, 0.1) is 4.92 Å². The Morgan fingerprint density at radius 2 is 1.95 bits per heavy atom. The predicted octanol–water partition coefficient (Wildman–Crippen LogP) is 3.93. The Balaban J connectivity index is 2.02. The predicted molar refractivity (Wildman–Crippen MR) is 75.9 cm³/mol. The maximum atomic E-state index is 13.7. The SMILES string of the molecule is C[C@@H](NCc1cc([N+](=O)[O-])c(F)cc1F)C1CCCCC1. The fraction of sp³-hybridized carbons (Fsp3) is 0.600. The second kappa shape index (κ2) is 6.93. The van der Waals surface area contributed by atoms with E-state index in [2.05, 4.69) is 5.32 Å². The maximum Gasteiger partial charge on any atom is 0.305 e. The van der Waals surface area contributed by atoms with Crippen molar-refractivity contribution in [2.24, 2.45) is 5.92 Å². The molecule has 1 atom stereocenters. The number of rotatable bonds is 5. The average Bonchev–Trinajstić information content (AvgIpc) is 2.46. The van der Waals surface area contributed by atoms with Gasteiger partial charge in [0.15, 0.2) is 0 Å². The van der Waals surface area contributed by atoms with Crippen molar-refractivity contribution in [3.05, 3.63) is 39.4 Å². The number of benzene rings is 1. The Bertz CT molecular complexity index is 517. The third kappa shape index (κ3) is 3.97. The Morgan fingerprint density at radius 3 is 2.57 bits per heavy atom. The first kappa shape index (κ1) is 15.8. The molecule has 4 nitrogen and oxygen atoms in total. The Labute approximate surface area is 122 Å². The van der Waals surface area contributed by atoms with Gasteiger partial charge in [-0.15, -0.1) is 0 Å². The van der Waals surface area contributed by atoms with E-state index >= 15 is 0 Å². The first-order chi connectivity index (χ1) is 9.99. The highest BCUT2D eigenvalue weighted by molar-refractivity contribution is 5.37. The molecular weight excluding hydrogens is 278 g/mol. The van der Waals surface area contributed by atoms with Gasteiger partial charge < -0.3 is 5.32 Å². The van der Waals surface area contributed by atoms with Gasteiger partial charge in [-0.05, 0) is 25.7 Å². The molecule has 0 unspecified atom stereocenters. The van der Waals surface area contributed by atoms with Gasteiger partial charge in [-0.2, -0.15) is 4.39 Å². The zero-order valence-electron chi connectivity index (χ0n) is 12.1. The van der Waals surface area contributed by atoms with Crippen LogP contribution >= 0.6 is 0 Å². The molecule has 116 valence electrons. The van der Waals surface area contributed by atoms with E-state index in [0.717, 1.165) is 18.9 Å². The molecule has 1 aliphatic rings. The van der Waals surface area contributed by atoms with Gasteiger partial charge in [-0.25, -0.2) is 4.39 Å². The summed E-state index contributed by atoms with van der Waals surface area (Å²) in [7, 11) is 0. The van der Waals surface area contributed by atoms with Crippen LogP contribution in [0.25, 0.3) is 0 Å². The molecule has 0 spiro atoms. The molecule has 1 saturated carbocycles. The fourth-order valence-electron chi connectivity index (χ4n) is 2.93. The highest BCUT2D eigenvalue weighted by Gasteiger charge is 2.22. The number of hydrogen-bond donors (Lipinski definition) is 1. The molecule has 6 heteroatoms. The van der Waals surface area contributed by atoms with Crippen LogP contribution in [0.5, 0.6) is 0 Å². The molecule has 1 aromatic carbocycles. The van der Waals surface area contributed by atoms with Crippen LogP contribution in [0.15, 0.2) is 12.1 Å². The van der Waals surface area contributed by atoms with Crippen LogP contribution in [0.3, 0.4) is 0 Å². The topological polar surface area (TPSA) is 55.2 Å². The van der Waals surface area contributed by atoms with Crippen LogP contribution in [0.1, 0.15) is 44.6 Å².